The molecule has 4 rings (SSSR count). The minimum absolute atomic E-state index is 0.0666. The van der Waals surface area contributed by atoms with Crippen LogP contribution in [0.2, 0.25) is 0 Å². The highest BCUT2D eigenvalue weighted by molar-refractivity contribution is 7.91. The molecular weight excluding hydrogens is 392 g/mol. The number of nitrogens with one attached hydrogen (secondary N) is 1. The van der Waals surface area contributed by atoms with E-state index in [9.17, 15) is 18.0 Å². The topological polar surface area (TPSA) is 94.5 Å². The number of nitrogens with zero attached hydrogens (tertiary/aromatic N) is 1. The zero-order valence-electron chi connectivity index (χ0n) is 15.8. The van der Waals surface area contributed by atoms with E-state index >= 15 is 0 Å². The second kappa shape index (κ2) is 7.36. The molecule has 1 fully saturated rings. The lowest BCUT2D eigenvalue weighted by atomic mass is 10.1. The second-order valence-corrected chi connectivity index (χ2v) is 9.24. The molecule has 2 heterocycles. The normalized spacial score (nSPS) is 17.9. The SMILES string of the molecule is COc1ccccc1-n1cc(C(=O)N[C@@H]2CCS(=O)(=O)C2)c2ccccc2c1=O. The van der Waals surface area contributed by atoms with Crippen molar-refractivity contribution in [3.05, 3.63) is 70.6 Å². The Morgan fingerprint density at radius 1 is 1.10 bits per heavy atom. The molecule has 0 unspecified atom stereocenters. The standard InChI is InChI=1S/C21H20N2O5S/c1-28-19-9-5-4-8-18(19)23-12-17(15-6-2-3-7-16(15)21(23)25)20(24)22-14-10-11-29(26,27)13-14/h2-9,12,14H,10-11,13H2,1H3,(H,22,24)/t14-/m1/s1. The maximum absolute atomic E-state index is 13.1. The van der Waals surface area contributed by atoms with E-state index in [1.807, 2.05) is 0 Å². The highest BCUT2D eigenvalue weighted by Gasteiger charge is 2.29. The number of pyridine rings is 1. The number of methoxy groups -OCH3 is 1. The average Bonchev–Trinajstić information content (AvgIpc) is 3.06. The largest absolute Gasteiger partial charge is 0.495 e. The van der Waals surface area contributed by atoms with Gasteiger partial charge in [0.2, 0.25) is 0 Å². The fourth-order valence-electron chi connectivity index (χ4n) is 3.65. The lowest BCUT2D eigenvalue weighted by Gasteiger charge is -2.16. The van der Waals surface area contributed by atoms with Crippen LogP contribution in [-0.2, 0) is 9.84 Å². The summed E-state index contributed by atoms with van der Waals surface area (Å²) in [5.41, 5.74) is 0.545. The highest BCUT2D eigenvalue weighted by Crippen LogP contribution is 2.24. The number of carbonyl (C=O) groups excluding carboxylic acids is 1. The number of fused-ring (bicyclic) bond motifs is 1. The van der Waals surface area contributed by atoms with Gasteiger partial charge in [0.05, 0.1) is 29.9 Å². The summed E-state index contributed by atoms with van der Waals surface area (Å²) >= 11 is 0. The summed E-state index contributed by atoms with van der Waals surface area (Å²) in [7, 11) is -1.61. The molecule has 29 heavy (non-hydrogen) atoms. The first kappa shape index (κ1) is 19.2. The van der Waals surface area contributed by atoms with Crippen molar-refractivity contribution in [2.24, 2.45) is 0 Å². The van der Waals surface area contributed by atoms with Gasteiger partial charge in [-0.25, -0.2) is 8.42 Å². The van der Waals surface area contributed by atoms with Crippen molar-refractivity contribution in [1.82, 2.24) is 9.88 Å². The third-order valence-corrected chi connectivity index (χ3v) is 6.85. The molecule has 1 N–H and O–H groups in total. The van der Waals surface area contributed by atoms with E-state index in [0.29, 0.717) is 34.2 Å². The van der Waals surface area contributed by atoms with Crippen molar-refractivity contribution >= 4 is 26.5 Å². The fraction of sp³-hybridized carbons (Fsp3) is 0.238. The van der Waals surface area contributed by atoms with Crippen LogP contribution in [0, 0.1) is 0 Å². The van der Waals surface area contributed by atoms with Crippen molar-refractivity contribution in [2.75, 3.05) is 18.6 Å². The zero-order valence-corrected chi connectivity index (χ0v) is 16.6. The molecule has 1 aliphatic heterocycles. The van der Waals surface area contributed by atoms with Crippen molar-refractivity contribution in [3.8, 4) is 11.4 Å². The minimum Gasteiger partial charge on any atom is -0.495 e. The van der Waals surface area contributed by atoms with Crippen molar-refractivity contribution in [1.29, 1.82) is 0 Å². The summed E-state index contributed by atoms with van der Waals surface area (Å²) in [6.45, 7) is 0. The van der Waals surface area contributed by atoms with E-state index in [-0.39, 0.29) is 17.1 Å². The van der Waals surface area contributed by atoms with Crippen LogP contribution < -0.4 is 15.6 Å². The number of amides is 1. The predicted molar refractivity (Wildman–Crippen MR) is 111 cm³/mol. The third-order valence-electron chi connectivity index (χ3n) is 5.08. The summed E-state index contributed by atoms with van der Waals surface area (Å²) in [6, 6.07) is 13.5. The number of ether oxygens (including phenoxy) is 1. The smallest absolute Gasteiger partial charge is 0.263 e. The summed E-state index contributed by atoms with van der Waals surface area (Å²) < 4.78 is 30.2. The molecule has 3 aromatic rings. The van der Waals surface area contributed by atoms with Crippen LogP contribution in [0.15, 0.2) is 59.5 Å². The van der Waals surface area contributed by atoms with Gasteiger partial charge in [-0.2, -0.15) is 0 Å². The lowest BCUT2D eigenvalue weighted by Crippen LogP contribution is -2.36. The van der Waals surface area contributed by atoms with Crippen molar-refractivity contribution in [2.45, 2.75) is 12.5 Å². The van der Waals surface area contributed by atoms with Crippen LogP contribution in [0.4, 0.5) is 0 Å². The summed E-state index contributed by atoms with van der Waals surface area (Å²) in [6.07, 6.45) is 1.87. The van der Waals surface area contributed by atoms with Gasteiger partial charge in [-0.05, 0) is 24.6 Å². The molecule has 0 spiro atoms. The van der Waals surface area contributed by atoms with Gasteiger partial charge in [0, 0.05) is 23.0 Å². The van der Waals surface area contributed by atoms with Crippen LogP contribution in [0.1, 0.15) is 16.8 Å². The maximum Gasteiger partial charge on any atom is 0.263 e. The van der Waals surface area contributed by atoms with E-state index in [0.717, 1.165) is 0 Å². The summed E-state index contributed by atoms with van der Waals surface area (Å²) in [5.74, 6) is 0.0902. The Balaban J connectivity index is 1.85. The first-order chi connectivity index (χ1) is 13.9. The Bertz CT molecular complexity index is 1260. The molecule has 0 bridgehead atoms. The average molecular weight is 412 g/mol. The van der Waals surface area contributed by atoms with Gasteiger partial charge in [0.25, 0.3) is 11.5 Å². The quantitative estimate of drug-likeness (QED) is 0.707. The van der Waals surface area contributed by atoms with E-state index in [1.54, 1.807) is 48.5 Å². The Morgan fingerprint density at radius 3 is 2.48 bits per heavy atom. The first-order valence-electron chi connectivity index (χ1n) is 9.19. The first-order valence-corrected chi connectivity index (χ1v) is 11.0. The van der Waals surface area contributed by atoms with Crippen LogP contribution in [0.25, 0.3) is 16.5 Å². The Labute approximate surface area is 167 Å². The molecule has 7 nitrogen and oxygen atoms in total. The number of sulfone groups is 1. The molecule has 150 valence electrons. The van der Waals surface area contributed by atoms with Gasteiger partial charge in [0.1, 0.15) is 5.75 Å². The van der Waals surface area contributed by atoms with Crippen LogP contribution in [0.5, 0.6) is 5.75 Å². The minimum atomic E-state index is -3.12. The van der Waals surface area contributed by atoms with E-state index < -0.39 is 21.8 Å². The molecule has 1 atom stereocenters. The summed E-state index contributed by atoms with van der Waals surface area (Å²) in [4.78, 5) is 26.1. The summed E-state index contributed by atoms with van der Waals surface area (Å²) in [5, 5.41) is 3.71. The highest BCUT2D eigenvalue weighted by atomic mass is 32.2. The van der Waals surface area contributed by atoms with Crippen LogP contribution in [0.3, 0.4) is 0 Å². The Morgan fingerprint density at radius 2 is 1.79 bits per heavy atom. The molecule has 0 saturated carbocycles. The van der Waals surface area contributed by atoms with Crippen LogP contribution in [-0.4, -0.2) is 43.5 Å². The molecule has 0 aliphatic carbocycles. The lowest BCUT2D eigenvalue weighted by molar-refractivity contribution is 0.0942. The van der Waals surface area contributed by atoms with E-state index in [4.69, 9.17) is 4.74 Å². The van der Waals surface area contributed by atoms with Gasteiger partial charge in [-0.1, -0.05) is 30.3 Å². The van der Waals surface area contributed by atoms with Crippen molar-refractivity contribution in [3.63, 3.8) is 0 Å². The van der Waals surface area contributed by atoms with Gasteiger partial charge < -0.3 is 10.1 Å². The number of hydrogen-bond donors (Lipinski definition) is 1. The van der Waals surface area contributed by atoms with Crippen molar-refractivity contribution < 1.29 is 17.9 Å². The van der Waals surface area contributed by atoms with E-state index in [1.165, 1.54) is 17.9 Å². The molecule has 1 aromatic heterocycles. The number of rotatable bonds is 4. The Hall–Kier alpha value is -3.13. The Kier molecular flexibility index (Phi) is 4.87. The third kappa shape index (κ3) is 3.63. The molecule has 1 aliphatic rings. The molecule has 0 radical (unpaired) electrons. The number of para-hydroxylation sites is 2. The molecule has 1 saturated heterocycles. The van der Waals surface area contributed by atoms with Gasteiger partial charge in [0.15, 0.2) is 9.84 Å². The number of hydrogen-bond acceptors (Lipinski definition) is 5. The molecule has 2 aromatic carbocycles. The second-order valence-electron chi connectivity index (χ2n) is 7.01. The molecule has 1 amide bonds. The fourth-order valence-corrected chi connectivity index (χ4v) is 5.33. The predicted octanol–water partition coefficient (Wildman–Crippen LogP) is 1.92. The molecule has 8 heteroatoms. The number of aromatic nitrogens is 1. The van der Waals surface area contributed by atoms with E-state index in [2.05, 4.69) is 5.32 Å². The maximum atomic E-state index is 13.1. The number of benzene rings is 2. The van der Waals surface area contributed by atoms with Gasteiger partial charge in [-0.15, -0.1) is 0 Å². The van der Waals surface area contributed by atoms with Gasteiger partial charge in [-0.3, -0.25) is 14.2 Å². The monoisotopic (exact) mass is 412 g/mol. The van der Waals surface area contributed by atoms with Crippen LogP contribution >= 0.6 is 0 Å². The molecular formula is C21H20N2O5S. The zero-order chi connectivity index (χ0) is 20.6. The van der Waals surface area contributed by atoms with Gasteiger partial charge >= 0.3 is 0 Å². The number of carbonyl (C=O) groups is 1.